The van der Waals surface area contributed by atoms with Crippen LogP contribution in [0.1, 0.15) is 31.4 Å². The average Bonchev–Trinajstić information content (AvgIpc) is 2.54. The minimum absolute atomic E-state index is 0.266. The molecule has 0 radical (unpaired) electrons. The largest absolute Gasteiger partial charge is 0.387 e. The molecule has 1 amide bonds. The number of primary amides is 1. The van der Waals surface area contributed by atoms with E-state index in [0.29, 0.717) is 12.5 Å². The molecule has 22 heavy (non-hydrogen) atoms. The Hall–Kier alpha value is -1.43. The van der Waals surface area contributed by atoms with Gasteiger partial charge in [-0.1, -0.05) is 30.3 Å². The summed E-state index contributed by atoms with van der Waals surface area (Å²) in [5.74, 6) is 0.273. The second kappa shape index (κ2) is 8.27. The van der Waals surface area contributed by atoms with Gasteiger partial charge in [-0.05, 0) is 50.9 Å². The fourth-order valence-electron chi connectivity index (χ4n) is 2.84. The Kier molecular flexibility index (Phi) is 6.36. The number of amides is 1. The lowest BCUT2D eigenvalue weighted by molar-refractivity contribution is -0.119. The Labute approximate surface area is 132 Å². The molecular weight excluding hydrogens is 278 g/mol. The van der Waals surface area contributed by atoms with Crippen LogP contribution in [-0.4, -0.2) is 48.1 Å². The molecule has 1 aliphatic heterocycles. The van der Waals surface area contributed by atoms with Crippen molar-refractivity contribution in [3.63, 3.8) is 0 Å². The molecule has 2 rings (SSSR count). The first-order valence-corrected chi connectivity index (χ1v) is 8.04. The standard InChI is InChI=1S/C17H27N3O2/c1-13(17(18)22)19-11-14-7-9-20(10-8-14)12-16(21)15-5-3-2-4-6-15/h2-6,13-14,16,19,21H,7-12H2,1H3,(H2,18,22)/t13-,16+/m0/s1. The highest BCUT2D eigenvalue weighted by molar-refractivity contribution is 5.79. The topological polar surface area (TPSA) is 78.6 Å². The van der Waals surface area contributed by atoms with Gasteiger partial charge in [0.1, 0.15) is 0 Å². The predicted octanol–water partition coefficient (Wildman–Crippen LogP) is 0.895. The van der Waals surface area contributed by atoms with Gasteiger partial charge in [0.25, 0.3) is 0 Å². The quantitative estimate of drug-likeness (QED) is 0.699. The van der Waals surface area contributed by atoms with E-state index in [1.54, 1.807) is 6.92 Å². The van der Waals surface area contributed by atoms with E-state index in [2.05, 4.69) is 10.2 Å². The number of carbonyl (C=O) groups excluding carboxylic acids is 1. The summed E-state index contributed by atoms with van der Waals surface area (Å²) >= 11 is 0. The van der Waals surface area contributed by atoms with Crippen LogP contribution >= 0.6 is 0 Å². The molecule has 5 heteroatoms. The molecule has 0 aliphatic carbocycles. The number of nitrogens with one attached hydrogen (secondary N) is 1. The molecule has 122 valence electrons. The predicted molar refractivity (Wildman–Crippen MR) is 87.2 cm³/mol. The van der Waals surface area contributed by atoms with E-state index < -0.39 is 6.10 Å². The fourth-order valence-corrected chi connectivity index (χ4v) is 2.84. The number of aliphatic hydroxyl groups excluding tert-OH is 1. The van der Waals surface area contributed by atoms with E-state index in [-0.39, 0.29) is 11.9 Å². The zero-order valence-corrected chi connectivity index (χ0v) is 13.2. The van der Waals surface area contributed by atoms with Crippen molar-refractivity contribution in [1.29, 1.82) is 0 Å². The summed E-state index contributed by atoms with van der Waals surface area (Å²) in [4.78, 5) is 13.3. The van der Waals surface area contributed by atoms with Gasteiger partial charge in [0.05, 0.1) is 12.1 Å². The number of nitrogens with zero attached hydrogens (tertiary/aromatic N) is 1. The van der Waals surface area contributed by atoms with Crippen LogP contribution in [0.25, 0.3) is 0 Å². The van der Waals surface area contributed by atoms with Crippen LogP contribution in [0.4, 0.5) is 0 Å². The summed E-state index contributed by atoms with van der Waals surface area (Å²) in [7, 11) is 0. The van der Waals surface area contributed by atoms with E-state index in [9.17, 15) is 9.90 Å². The Morgan fingerprint density at radius 2 is 2.00 bits per heavy atom. The number of hydrogen-bond donors (Lipinski definition) is 3. The summed E-state index contributed by atoms with van der Waals surface area (Å²) in [6.45, 7) is 5.29. The lowest BCUT2D eigenvalue weighted by Gasteiger charge is -2.33. The lowest BCUT2D eigenvalue weighted by Crippen LogP contribution is -2.44. The summed E-state index contributed by atoms with van der Waals surface area (Å²) in [5, 5.41) is 13.5. The second-order valence-corrected chi connectivity index (χ2v) is 6.20. The van der Waals surface area contributed by atoms with Crippen molar-refractivity contribution in [2.24, 2.45) is 11.7 Å². The molecule has 2 atom stereocenters. The molecule has 1 aromatic carbocycles. The third-order valence-electron chi connectivity index (χ3n) is 4.46. The van der Waals surface area contributed by atoms with E-state index in [1.165, 1.54) is 0 Å². The normalized spacial score (nSPS) is 19.7. The van der Waals surface area contributed by atoms with Crippen LogP contribution in [0.5, 0.6) is 0 Å². The van der Waals surface area contributed by atoms with Crippen LogP contribution in [0.15, 0.2) is 30.3 Å². The molecule has 4 N–H and O–H groups in total. The van der Waals surface area contributed by atoms with Crippen LogP contribution in [0.3, 0.4) is 0 Å². The highest BCUT2D eigenvalue weighted by Gasteiger charge is 2.22. The van der Waals surface area contributed by atoms with Gasteiger partial charge in [-0.25, -0.2) is 0 Å². The van der Waals surface area contributed by atoms with Crippen molar-refractivity contribution in [2.45, 2.75) is 31.9 Å². The van der Waals surface area contributed by atoms with Gasteiger partial charge in [0.2, 0.25) is 5.91 Å². The Morgan fingerprint density at radius 1 is 1.36 bits per heavy atom. The molecule has 1 saturated heterocycles. The molecule has 1 aliphatic rings. The second-order valence-electron chi connectivity index (χ2n) is 6.20. The summed E-state index contributed by atoms with van der Waals surface area (Å²) in [6, 6.07) is 9.53. The van der Waals surface area contributed by atoms with Crippen molar-refractivity contribution in [1.82, 2.24) is 10.2 Å². The Bertz CT molecular complexity index is 458. The number of rotatable bonds is 7. The maximum Gasteiger partial charge on any atom is 0.234 e. The van der Waals surface area contributed by atoms with Crippen molar-refractivity contribution in [3.05, 3.63) is 35.9 Å². The molecule has 1 heterocycles. The third-order valence-corrected chi connectivity index (χ3v) is 4.46. The van der Waals surface area contributed by atoms with Gasteiger partial charge in [-0.3, -0.25) is 4.79 Å². The smallest absolute Gasteiger partial charge is 0.234 e. The summed E-state index contributed by atoms with van der Waals surface area (Å²) in [6.07, 6.45) is 1.74. The van der Waals surface area contributed by atoms with Gasteiger partial charge >= 0.3 is 0 Å². The lowest BCUT2D eigenvalue weighted by atomic mass is 9.96. The van der Waals surface area contributed by atoms with E-state index in [0.717, 1.165) is 38.0 Å². The third kappa shape index (κ3) is 5.09. The van der Waals surface area contributed by atoms with E-state index in [1.807, 2.05) is 30.3 Å². The number of benzene rings is 1. The molecule has 0 unspecified atom stereocenters. The van der Waals surface area contributed by atoms with Crippen molar-refractivity contribution in [2.75, 3.05) is 26.2 Å². The zero-order valence-electron chi connectivity index (χ0n) is 13.2. The van der Waals surface area contributed by atoms with Crippen molar-refractivity contribution < 1.29 is 9.90 Å². The number of nitrogens with two attached hydrogens (primary N) is 1. The van der Waals surface area contributed by atoms with E-state index in [4.69, 9.17) is 5.73 Å². The molecule has 0 spiro atoms. The highest BCUT2D eigenvalue weighted by Crippen LogP contribution is 2.20. The number of likely N-dealkylation sites (tertiary alicyclic amines) is 1. The molecule has 0 bridgehead atoms. The Morgan fingerprint density at radius 3 is 2.59 bits per heavy atom. The minimum Gasteiger partial charge on any atom is -0.387 e. The van der Waals surface area contributed by atoms with Crippen LogP contribution in [0, 0.1) is 5.92 Å². The van der Waals surface area contributed by atoms with Crippen molar-refractivity contribution in [3.8, 4) is 0 Å². The number of aliphatic hydroxyl groups is 1. The Balaban J connectivity index is 1.70. The van der Waals surface area contributed by atoms with Gasteiger partial charge in [-0.2, -0.15) is 0 Å². The number of hydrogen-bond acceptors (Lipinski definition) is 4. The number of piperidine rings is 1. The number of carbonyl (C=O) groups is 1. The fraction of sp³-hybridized carbons (Fsp3) is 0.588. The summed E-state index contributed by atoms with van der Waals surface area (Å²) in [5.41, 5.74) is 6.22. The average molecular weight is 305 g/mol. The van der Waals surface area contributed by atoms with Gasteiger partial charge < -0.3 is 21.1 Å². The van der Waals surface area contributed by atoms with Crippen LogP contribution in [0.2, 0.25) is 0 Å². The number of β-amino-alcohol motifs (C(OH)–C–C–N with tert-alkyl or cyclic N) is 1. The van der Waals surface area contributed by atoms with Crippen LogP contribution < -0.4 is 11.1 Å². The highest BCUT2D eigenvalue weighted by atomic mass is 16.3. The van der Waals surface area contributed by atoms with Crippen molar-refractivity contribution >= 4 is 5.91 Å². The van der Waals surface area contributed by atoms with E-state index >= 15 is 0 Å². The molecule has 0 aromatic heterocycles. The first kappa shape index (κ1) is 16.9. The molecule has 0 saturated carbocycles. The summed E-state index contributed by atoms with van der Waals surface area (Å²) < 4.78 is 0. The van der Waals surface area contributed by atoms with Gasteiger partial charge in [0, 0.05) is 6.54 Å². The first-order valence-electron chi connectivity index (χ1n) is 8.04. The first-order chi connectivity index (χ1) is 10.6. The monoisotopic (exact) mass is 305 g/mol. The molecule has 1 fully saturated rings. The van der Waals surface area contributed by atoms with Gasteiger partial charge in [0.15, 0.2) is 0 Å². The molecular formula is C17H27N3O2. The zero-order chi connectivity index (χ0) is 15.9. The SMILES string of the molecule is C[C@H](NCC1CCN(C[C@@H](O)c2ccccc2)CC1)C(N)=O. The van der Waals surface area contributed by atoms with Crippen LogP contribution in [-0.2, 0) is 4.79 Å². The van der Waals surface area contributed by atoms with Gasteiger partial charge in [-0.15, -0.1) is 0 Å². The molecule has 1 aromatic rings. The maximum absolute atomic E-state index is 11.0. The maximum atomic E-state index is 11.0. The molecule has 5 nitrogen and oxygen atoms in total. The minimum atomic E-state index is -0.425.